The molecule has 1 aromatic carbocycles. The molecule has 0 spiro atoms. The molecule has 0 amide bonds. The number of hydrogen-bond acceptors (Lipinski definition) is 5. The number of nitrogens with zero attached hydrogens (tertiary/aromatic N) is 1. The van der Waals surface area contributed by atoms with Crippen molar-refractivity contribution in [2.75, 3.05) is 5.73 Å². The summed E-state index contributed by atoms with van der Waals surface area (Å²) in [6.45, 7) is 3.78. The van der Waals surface area contributed by atoms with Crippen LogP contribution in [0.2, 0.25) is 5.02 Å². The molecule has 0 saturated carbocycles. The molecule has 3 N–H and O–H groups in total. The van der Waals surface area contributed by atoms with Gasteiger partial charge in [-0.1, -0.05) is 11.6 Å². The van der Waals surface area contributed by atoms with E-state index in [0.717, 1.165) is 9.88 Å². The summed E-state index contributed by atoms with van der Waals surface area (Å²) in [7, 11) is -3.62. The van der Waals surface area contributed by atoms with Crippen molar-refractivity contribution in [2.45, 2.75) is 25.3 Å². The number of aryl methyl sites for hydroxylation is 2. The largest absolute Gasteiger partial charge is 0.397 e. The SMILES string of the molecule is Cc1ncc(CNS(=O)(=O)c2cc(C)c(Cl)c(N)c2)s1. The minimum atomic E-state index is -3.62. The molecule has 1 heterocycles. The van der Waals surface area contributed by atoms with Crippen LogP contribution in [0, 0.1) is 13.8 Å². The van der Waals surface area contributed by atoms with E-state index in [9.17, 15) is 8.42 Å². The number of sulfonamides is 1. The van der Waals surface area contributed by atoms with Gasteiger partial charge < -0.3 is 5.73 Å². The van der Waals surface area contributed by atoms with Crippen LogP contribution in [0.1, 0.15) is 15.4 Å². The van der Waals surface area contributed by atoms with Crippen molar-refractivity contribution in [1.82, 2.24) is 9.71 Å². The first-order valence-electron chi connectivity index (χ1n) is 5.76. The van der Waals surface area contributed by atoms with E-state index in [1.165, 1.54) is 23.5 Å². The molecule has 0 fully saturated rings. The first kappa shape index (κ1) is 15.2. The van der Waals surface area contributed by atoms with Gasteiger partial charge in [0.2, 0.25) is 10.0 Å². The van der Waals surface area contributed by atoms with Crippen LogP contribution in [0.3, 0.4) is 0 Å². The Morgan fingerprint density at radius 2 is 2.10 bits per heavy atom. The Kier molecular flexibility index (Phi) is 4.33. The molecule has 5 nitrogen and oxygen atoms in total. The predicted octanol–water partition coefficient (Wildman–Crippen LogP) is 2.47. The van der Waals surface area contributed by atoms with Gasteiger partial charge in [-0.25, -0.2) is 18.1 Å². The molecular weight excluding hydrogens is 318 g/mol. The van der Waals surface area contributed by atoms with Gasteiger partial charge in [-0.15, -0.1) is 11.3 Å². The van der Waals surface area contributed by atoms with Crippen LogP contribution < -0.4 is 10.5 Å². The summed E-state index contributed by atoms with van der Waals surface area (Å²) in [5.41, 5.74) is 6.57. The molecule has 108 valence electrons. The number of nitrogen functional groups attached to an aromatic ring is 1. The van der Waals surface area contributed by atoms with Crippen LogP contribution in [-0.4, -0.2) is 13.4 Å². The second kappa shape index (κ2) is 5.69. The Morgan fingerprint density at radius 3 is 2.65 bits per heavy atom. The van der Waals surface area contributed by atoms with E-state index in [1.807, 2.05) is 6.92 Å². The lowest BCUT2D eigenvalue weighted by Crippen LogP contribution is -2.23. The molecule has 0 bridgehead atoms. The third kappa shape index (κ3) is 3.29. The van der Waals surface area contributed by atoms with E-state index in [0.29, 0.717) is 10.6 Å². The third-order valence-corrected chi connectivity index (χ3v) is 5.48. The molecular formula is C12H14ClN3O2S2. The highest BCUT2D eigenvalue weighted by atomic mass is 35.5. The zero-order valence-electron chi connectivity index (χ0n) is 11.0. The van der Waals surface area contributed by atoms with Gasteiger partial charge in [-0.3, -0.25) is 0 Å². The quantitative estimate of drug-likeness (QED) is 0.843. The van der Waals surface area contributed by atoms with Crippen LogP contribution in [0.25, 0.3) is 0 Å². The van der Waals surface area contributed by atoms with Gasteiger partial charge >= 0.3 is 0 Å². The molecule has 20 heavy (non-hydrogen) atoms. The number of anilines is 1. The fraction of sp³-hybridized carbons (Fsp3) is 0.250. The monoisotopic (exact) mass is 331 g/mol. The Morgan fingerprint density at radius 1 is 1.40 bits per heavy atom. The van der Waals surface area contributed by atoms with E-state index in [-0.39, 0.29) is 17.1 Å². The smallest absolute Gasteiger partial charge is 0.240 e. The van der Waals surface area contributed by atoms with Crippen molar-refractivity contribution >= 4 is 38.6 Å². The molecule has 0 atom stereocenters. The number of halogens is 1. The minimum absolute atomic E-state index is 0.109. The number of nitrogens with one attached hydrogen (secondary N) is 1. The molecule has 8 heteroatoms. The second-order valence-electron chi connectivity index (χ2n) is 4.31. The minimum Gasteiger partial charge on any atom is -0.397 e. The molecule has 0 saturated heterocycles. The maximum atomic E-state index is 12.2. The van der Waals surface area contributed by atoms with Crippen molar-refractivity contribution < 1.29 is 8.42 Å². The van der Waals surface area contributed by atoms with E-state index in [2.05, 4.69) is 9.71 Å². The lowest BCUT2D eigenvalue weighted by Gasteiger charge is -2.09. The summed E-state index contributed by atoms with van der Waals surface area (Å²) in [4.78, 5) is 5.04. The first-order chi connectivity index (χ1) is 9.29. The van der Waals surface area contributed by atoms with Gasteiger partial charge in [-0.05, 0) is 31.5 Å². The molecule has 2 rings (SSSR count). The van der Waals surface area contributed by atoms with Gasteiger partial charge in [0.1, 0.15) is 0 Å². The fourth-order valence-electron chi connectivity index (χ4n) is 1.65. The Bertz CT molecular complexity index is 718. The lowest BCUT2D eigenvalue weighted by atomic mass is 10.2. The average molecular weight is 332 g/mol. The maximum Gasteiger partial charge on any atom is 0.240 e. The lowest BCUT2D eigenvalue weighted by molar-refractivity contribution is 0.581. The number of rotatable bonds is 4. The Balaban J connectivity index is 2.22. The molecule has 0 radical (unpaired) electrons. The fourth-order valence-corrected chi connectivity index (χ4v) is 3.72. The molecule has 0 aliphatic carbocycles. The van der Waals surface area contributed by atoms with Crippen LogP contribution in [0.5, 0.6) is 0 Å². The highest BCUT2D eigenvalue weighted by Gasteiger charge is 2.17. The van der Waals surface area contributed by atoms with Gasteiger partial charge in [0, 0.05) is 17.6 Å². The number of benzene rings is 1. The Hall–Kier alpha value is -1.15. The van der Waals surface area contributed by atoms with E-state index in [1.54, 1.807) is 13.1 Å². The summed E-state index contributed by atoms with van der Waals surface area (Å²) in [5, 5.41) is 1.27. The van der Waals surface area contributed by atoms with Crippen molar-refractivity contribution in [3.8, 4) is 0 Å². The molecule has 0 aliphatic heterocycles. The van der Waals surface area contributed by atoms with E-state index in [4.69, 9.17) is 17.3 Å². The molecule has 2 aromatic rings. The van der Waals surface area contributed by atoms with Gasteiger partial charge in [0.05, 0.1) is 20.6 Å². The molecule has 0 aliphatic rings. The van der Waals surface area contributed by atoms with Crippen molar-refractivity contribution in [2.24, 2.45) is 0 Å². The second-order valence-corrected chi connectivity index (χ2v) is 7.78. The highest BCUT2D eigenvalue weighted by Crippen LogP contribution is 2.26. The van der Waals surface area contributed by atoms with Crippen molar-refractivity contribution in [3.63, 3.8) is 0 Å². The average Bonchev–Trinajstić information content (AvgIpc) is 2.79. The van der Waals surface area contributed by atoms with Crippen LogP contribution in [0.15, 0.2) is 23.2 Å². The first-order valence-corrected chi connectivity index (χ1v) is 8.44. The van der Waals surface area contributed by atoms with Crippen LogP contribution in [-0.2, 0) is 16.6 Å². The highest BCUT2D eigenvalue weighted by molar-refractivity contribution is 7.89. The number of hydrogen-bond donors (Lipinski definition) is 2. The van der Waals surface area contributed by atoms with Crippen LogP contribution in [0.4, 0.5) is 5.69 Å². The van der Waals surface area contributed by atoms with Gasteiger partial charge in [0.25, 0.3) is 0 Å². The Labute approximate surface area is 126 Å². The summed E-state index contributed by atoms with van der Waals surface area (Å²) in [5.74, 6) is 0. The normalized spacial score (nSPS) is 11.8. The summed E-state index contributed by atoms with van der Waals surface area (Å²) in [6.07, 6.45) is 1.66. The van der Waals surface area contributed by atoms with Crippen LogP contribution >= 0.6 is 22.9 Å². The summed E-state index contributed by atoms with van der Waals surface area (Å²) >= 11 is 7.38. The predicted molar refractivity (Wildman–Crippen MR) is 81.5 cm³/mol. The molecule has 0 unspecified atom stereocenters. The molecule has 1 aromatic heterocycles. The van der Waals surface area contributed by atoms with E-state index >= 15 is 0 Å². The topological polar surface area (TPSA) is 85.1 Å². The number of nitrogens with two attached hydrogens (primary N) is 1. The van der Waals surface area contributed by atoms with Gasteiger partial charge in [0.15, 0.2) is 0 Å². The standard InChI is InChI=1S/C12H14ClN3O2S2/c1-7-3-10(4-11(14)12(7)13)20(17,18)16-6-9-5-15-8(2)19-9/h3-5,16H,6,14H2,1-2H3. The van der Waals surface area contributed by atoms with Crippen molar-refractivity contribution in [3.05, 3.63) is 38.8 Å². The summed E-state index contributed by atoms with van der Waals surface area (Å²) < 4.78 is 26.9. The zero-order valence-corrected chi connectivity index (χ0v) is 13.4. The summed E-state index contributed by atoms with van der Waals surface area (Å²) in [6, 6.07) is 2.86. The van der Waals surface area contributed by atoms with Gasteiger partial charge in [-0.2, -0.15) is 0 Å². The maximum absolute atomic E-state index is 12.2. The number of thiazole rings is 1. The zero-order chi connectivity index (χ0) is 14.9. The number of aromatic nitrogens is 1. The van der Waals surface area contributed by atoms with Crippen molar-refractivity contribution in [1.29, 1.82) is 0 Å². The van der Waals surface area contributed by atoms with E-state index < -0.39 is 10.0 Å². The third-order valence-electron chi connectivity index (χ3n) is 2.67.